The summed E-state index contributed by atoms with van der Waals surface area (Å²) in [6, 6.07) is 9.80. The van der Waals surface area contributed by atoms with Crippen LogP contribution >= 0.6 is 0 Å². The Kier molecular flexibility index (Phi) is 7.89. The van der Waals surface area contributed by atoms with Crippen LogP contribution in [0, 0.1) is 17.5 Å². The molecule has 5 rings (SSSR count). The van der Waals surface area contributed by atoms with Gasteiger partial charge in [-0.05, 0) is 66.6 Å². The predicted octanol–water partition coefficient (Wildman–Crippen LogP) is 6.34. The van der Waals surface area contributed by atoms with E-state index in [-0.39, 0.29) is 35.4 Å². The van der Waals surface area contributed by atoms with Crippen LogP contribution in [0.2, 0.25) is 0 Å². The summed E-state index contributed by atoms with van der Waals surface area (Å²) in [5.74, 6) is -5.04. The molecule has 1 aliphatic rings. The fourth-order valence-corrected chi connectivity index (χ4v) is 5.10. The van der Waals surface area contributed by atoms with Gasteiger partial charge in [0.15, 0.2) is 11.5 Å². The van der Waals surface area contributed by atoms with Crippen LogP contribution in [0.15, 0.2) is 60.9 Å². The van der Waals surface area contributed by atoms with Crippen molar-refractivity contribution in [2.45, 2.75) is 50.2 Å². The molecule has 1 amide bonds. The molecule has 1 saturated carbocycles. The Bertz CT molecular complexity index is 1640. The number of hydrogen-bond acceptors (Lipinski definition) is 4. The second-order valence-corrected chi connectivity index (χ2v) is 10.3. The first-order valence-corrected chi connectivity index (χ1v) is 13.0. The molecule has 1 atom stereocenters. The number of aromatic nitrogens is 3. The average molecular weight is 587 g/mol. The van der Waals surface area contributed by atoms with Crippen LogP contribution in [0.25, 0.3) is 11.1 Å². The van der Waals surface area contributed by atoms with Crippen LogP contribution in [0.4, 0.5) is 26.3 Å². The van der Waals surface area contributed by atoms with E-state index in [1.807, 2.05) is 0 Å². The third-order valence-corrected chi connectivity index (χ3v) is 7.06. The Morgan fingerprint density at radius 1 is 1.02 bits per heavy atom. The summed E-state index contributed by atoms with van der Waals surface area (Å²) in [6.45, 7) is -0.464. The van der Waals surface area contributed by atoms with E-state index in [2.05, 4.69) is 10.1 Å². The Hall–Kier alpha value is -4.48. The first-order chi connectivity index (χ1) is 19.9. The quantitative estimate of drug-likeness (QED) is 0.220. The highest BCUT2D eigenvalue weighted by Gasteiger charge is 2.41. The van der Waals surface area contributed by atoms with Crippen molar-refractivity contribution in [3.8, 4) is 11.1 Å². The molecule has 2 N–H and O–H groups in total. The summed E-state index contributed by atoms with van der Waals surface area (Å²) >= 11 is 0. The maximum absolute atomic E-state index is 14.2. The van der Waals surface area contributed by atoms with Crippen LogP contribution in [0.1, 0.15) is 64.0 Å². The van der Waals surface area contributed by atoms with Gasteiger partial charge < -0.3 is 5.73 Å². The maximum Gasteiger partial charge on any atom is 0.435 e. The highest BCUT2D eigenvalue weighted by molar-refractivity contribution is 5.94. The van der Waals surface area contributed by atoms with Crippen LogP contribution in [-0.2, 0) is 23.9 Å². The van der Waals surface area contributed by atoms with Crippen molar-refractivity contribution in [3.63, 3.8) is 0 Å². The first kappa shape index (κ1) is 29.0. The number of amides is 1. The van der Waals surface area contributed by atoms with E-state index in [0.29, 0.717) is 35.7 Å². The number of halogens is 6. The van der Waals surface area contributed by atoms with Crippen LogP contribution < -0.4 is 5.73 Å². The molecule has 12 heteroatoms. The van der Waals surface area contributed by atoms with Crippen molar-refractivity contribution < 1.29 is 35.9 Å². The average Bonchev–Trinajstić information content (AvgIpc) is 3.66. The summed E-state index contributed by atoms with van der Waals surface area (Å²) in [4.78, 5) is 29.5. The number of ketones is 1. The number of primary amides is 1. The normalized spacial score (nSPS) is 14.1. The van der Waals surface area contributed by atoms with Crippen LogP contribution in [0.3, 0.4) is 0 Å². The van der Waals surface area contributed by atoms with Gasteiger partial charge in [-0.2, -0.15) is 18.3 Å². The summed E-state index contributed by atoms with van der Waals surface area (Å²) in [7, 11) is 0. The molecule has 0 spiro atoms. The molecule has 0 saturated heterocycles. The third kappa shape index (κ3) is 6.53. The van der Waals surface area contributed by atoms with Gasteiger partial charge in [0.2, 0.25) is 0 Å². The fourth-order valence-electron chi connectivity index (χ4n) is 5.10. The van der Waals surface area contributed by atoms with Gasteiger partial charge in [-0.1, -0.05) is 12.1 Å². The molecule has 1 fully saturated rings. The van der Waals surface area contributed by atoms with E-state index in [1.54, 1.807) is 12.1 Å². The molecule has 42 heavy (non-hydrogen) atoms. The van der Waals surface area contributed by atoms with E-state index in [0.717, 1.165) is 22.9 Å². The lowest BCUT2D eigenvalue weighted by atomic mass is 9.86. The second-order valence-electron chi connectivity index (χ2n) is 10.3. The highest BCUT2D eigenvalue weighted by atomic mass is 19.4. The molecule has 1 aliphatic carbocycles. The zero-order valence-corrected chi connectivity index (χ0v) is 22.0. The van der Waals surface area contributed by atoms with Crippen molar-refractivity contribution in [3.05, 3.63) is 106 Å². The Labute approximate surface area is 236 Å². The van der Waals surface area contributed by atoms with Crippen LogP contribution in [0.5, 0.6) is 0 Å². The Morgan fingerprint density at radius 3 is 2.38 bits per heavy atom. The molecule has 2 aromatic heterocycles. The molecule has 0 unspecified atom stereocenters. The largest absolute Gasteiger partial charge is 0.435 e. The number of Topliss-reactive ketones (excluding diaryl/α,β-unsaturated/α-hetero) is 1. The van der Waals surface area contributed by atoms with Crippen molar-refractivity contribution in [1.29, 1.82) is 0 Å². The number of hydrogen-bond donors (Lipinski definition) is 1. The van der Waals surface area contributed by atoms with Gasteiger partial charge in [-0.25, -0.2) is 13.2 Å². The molecule has 0 radical (unpaired) electrons. The van der Waals surface area contributed by atoms with Gasteiger partial charge >= 0.3 is 6.18 Å². The van der Waals surface area contributed by atoms with Crippen molar-refractivity contribution >= 4 is 11.7 Å². The smallest absolute Gasteiger partial charge is 0.366 e. The highest BCUT2D eigenvalue weighted by Crippen LogP contribution is 2.45. The molecular weight excluding hydrogens is 562 g/mol. The molecular formula is C30H24F6N4O2. The molecule has 218 valence electrons. The first-order valence-electron chi connectivity index (χ1n) is 13.0. The predicted molar refractivity (Wildman–Crippen MR) is 140 cm³/mol. The molecule has 2 heterocycles. The van der Waals surface area contributed by atoms with Gasteiger partial charge in [0.25, 0.3) is 5.91 Å². The van der Waals surface area contributed by atoms with E-state index in [9.17, 15) is 35.9 Å². The Morgan fingerprint density at radius 2 is 1.74 bits per heavy atom. The molecule has 0 aliphatic heterocycles. The molecule has 0 bridgehead atoms. The monoisotopic (exact) mass is 586 g/mol. The fraction of sp³-hybridized carbons (Fsp3) is 0.267. The SMILES string of the molecule is NC(=O)c1cc(-c2cccnc2[C@@H](CC(=O)Cn2cc(C3CC3)c(C(F)(F)F)n2)Cc2cc(F)cc(F)c2)ccc1F. The lowest BCUT2D eigenvalue weighted by molar-refractivity contribution is -0.142. The second kappa shape index (κ2) is 11.4. The van der Waals surface area contributed by atoms with Crippen molar-refractivity contribution in [2.24, 2.45) is 5.73 Å². The summed E-state index contributed by atoms with van der Waals surface area (Å²) < 4.78 is 83.9. The van der Waals surface area contributed by atoms with E-state index < -0.39 is 53.5 Å². The van der Waals surface area contributed by atoms with E-state index >= 15 is 0 Å². The third-order valence-electron chi connectivity index (χ3n) is 7.06. The topological polar surface area (TPSA) is 90.9 Å². The van der Waals surface area contributed by atoms with E-state index in [4.69, 9.17) is 5.73 Å². The number of alkyl halides is 3. The number of benzene rings is 2. The van der Waals surface area contributed by atoms with Crippen molar-refractivity contribution in [1.82, 2.24) is 14.8 Å². The molecule has 4 aromatic rings. The lowest BCUT2D eigenvalue weighted by Gasteiger charge is -2.20. The van der Waals surface area contributed by atoms with Gasteiger partial charge in [0, 0.05) is 41.9 Å². The van der Waals surface area contributed by atoms with Crippen LogP contribution in [-0.4, -0.2) is 26.5 Å². The number of carbonyl (C=O) groups excluding carboxylic acids is 2. The number of carbonyl (C=O) groups is 2. The van der Waals surface area contributed by atoms with Gasteiger partial charge in [-0.15, -0.1) is 0 Å². The van der Waals surface area contributed by atoms with Gasteiger partial charge in [-0.3, -0.25) is 19.3 Å². The van der Waals surface area contributed by atoms with Gasteiger partial charge in [0.05, 0.1) is 17.8 Å². The van der Waals surface area contributed by atoms with E-state index in [1.165, 1.54) is 24.5 Å². The summed E-state index contributed by atoms with van der Waals surface area (Å²) in [6.07, 6.45) is -1.10. The minimum Gasteiger partial charge on any atom is -0.366 e. The number of rotatable bonds is 10. The maximum atomic E-state index is 14.2. The molecule has 2 aromatic carbocycles. The number of nitrogens with two attached hydrogens (primary N) is 1. The summed E-state index contributed by atoms with van der Waals surface area (Å²) in [5.41, 5.74) is 5.25. The molecule has 6 nitrogen and oxygen atoms in total. The lowest BCUT2D eigenvalue weighted by Crippen LogP contribution is -2.18. The number of pyridine rings is 1. The number of nitrogens with zero attached hydrogens (tertiary/aromatic N) is 3. The van der Waals surface area contributed by atoms with Crippen molar-refractivity contribution in [2.75, 3.05) is 0 Å². The zero-order valence-electron chi connectivity index (χ0n) is 22.0. The zero-order chi connectivity index (χ0) is 30.2. The minimum atomic E-state index is -4.67. The van der Waals surface area contributed by atoms with Gasteiger partial charge in [0.1, 0.15) is 17.5 Å². The summed E-state index contributed by atoms with van der Waals surface area (Å²) in [5, 5.41) is 3.65. The minimum absolute atomic E-state index is 0.0515. The standard InChI is InChI=1S/C30H24F6N4O2/c31-20-9-16(10-21(32)13-20)8-19(11-22(41)14-40-15-25(17-3-4-17)28(39-40)30(34,35)36)27-23(2-1-7-38-27)18-5-6-26(33)24(12-18)29(37)42/h1-2,5-7,9-10,12-13,15,17,19H,3-4,8,11,14H2,(H2,37,42)/t19-/m1/s1. The Balaban J connectivity index is 1.50.